The lowest BCUT2D eigenvalue weighted by molar-refractivity contribution is -0.118. The van der Waals surface area contributed by atoms with Crippen molar-refractivity contribution in [2.45, 2.75) is 19.9 Å². The van der Waals surface area contributed by atoms with E-state index in [-0.39, 0.29) is 17.7 Å². The molecule has 0 aliphatic heterocycles. The van der Waals surface area contributed by atoms with Gasteiger partial charge in [0.1, 0.15) is 0 Å². The second-order valence-electron chi connectivity index (χ2n) is 4.54. The normalized spacial score (nSPS) is 11.9. The number of hydrogen-bond donors (Lipinski definition) is 2. The minimum Gasteiger partial charge on any atom is -0.354 e. The predicted octanol–water partition coefficient (Wildman–Crippen LogP) is 1.72. The number of benzene rings is 1. The fourth-order valence-corrected chi connectivity index (χ4v) is 2.42. The van der Waals surface area contributed by atoms with Crippen molar-refractivity contribution >= 4 is 23.5 Å². The topological polar surface area (TPSA) is 58.2 Å². The number of hydrogen-bond acceptors (Lipinski definition) is 4. The lowest BCUT2D eigenvalue weighted by Gasteiger charge is -2.12. The van der Waals surface area contributed by atoms with Crippen LogP contribution in [0.25, 0.3) is 0 Å². The summed E-state index contributed by atoms with van der Waals surface area (Å²) in [7, 11) is 0. The zero-order chi connectivity index (χ0) is 14.8. The Morgan fingerprint density at radius 2 is 1.90 bits per heavy atom. The molecule has 0 aliphatic rings. The second kappa shape index (κ2) is 9.55. The van der Waals surface area contributed by atoms with Crippen molar-refractivity contribution in [1.82, 2.24) is 10.6 Å². The third-order valence-corrected chi connectivity index (χ3v) is 3.65. The maximum atomic E-state index is 11.8. The summed E-state index contributed by atoms with van der Waals surface area (Å²) in [5, 5.41) is 6.07. The Labute approximate surface area is 124 Å². The van der Waals surface area contributed by atoms with Gasteiger partial charge in [0.15, 0.2) is 5.78 Å². The van der Waals surface area contributed by atoms with Crippen LogP contribution in [0.15, 0.2) is 30.3 Å². The summed E-state index contributed by atoms with van der Waals surface area (Å²) in [6.07, 6.45) is 0. The summed E-state index contributed by atoms with van der Waals surface area (Å²) in [5.74, 6) is 0.683. The lowest BCUT2D eigenvalue weighted by Crippen LogP contribution is -2.39. The molecule has 20 heavy (non-hydrogen) atoms. The number of carbonyl (C=O) groups excluding carboxylic acids is 2. The van der Waals surface area contributed by atoms with Crippen molar-refractivity contribution in [3.63, 3.8) is 0 Å². The largest absolute Gasteiger partial charge is 0.354 e. The molecule has 0 aliphatic carbocycles. The van der Waals surface area contributed by atoms with Gasteiger partial charge in [0.25, 0.3) is 0 Å². The second-order valence-corrected chi connectivity index (χ2v) is 5.53. The van der Waals surface area contributed by atoms with Crippen LogP contribution in [0.4, 0.5) is 0 Å². The molecule has 5 heteroatoms. The molecule has 0 radical (unpaired) electrons. The third-order valence-electron chi connectivity index (χ3n) is 2.72. The van der Waals surface area contributed by atoms with Gasteiger partial charge in [-0.25, -0.2) is 0 Å². The SMILES string of the molecule is CCN[C@H](C)CNC(=O)CSCC(=O)c1ccccc1. The Kier molecular flexibility index (Phi) is 7.99. The van der Waals surface area contributed by atoms with E-state index in [0.29, 0.717) is 23.6 Å². The molecule has 0 heterocycles. The summed E-state index contributed by atoms with van der Waals surface area (Å²) in [6.45, 7) is 5.55. The van der Waals surface area contributed by atoms with E-state index in [4.69, 9.17) is 0 Å². The zero-order valence-electron chi connectivity index (χ0n) is 12.0. The first kappa shape index (κ1) is 16.7. The number of thioether (sulfide) groups is 1. The molecule has 1 atom stereocenters. The van der Waals surface area contributed by atoms with E-state index in [9.17, 15) is 9.59 Å². The maximum absolute atomic E-state index is 11.8. The minimum absolute atomic E-state index is 0.0272. The Hall–Kier alpha value is -1.33. The van der Waals surface area contributed by atoms with Crippen LogP contribution in [-0.2, 0) is 4.79 Å². The van der Waals surface area contributed by atoms with Crippen molar-refractivity contribution in [3.05, 3.63) is 35.9 Å². The van der Waals surface area contributed by atoms with Gasteiger partial charge >= 0.3 is 0 Å². The van der Waals surface area contributed by atoms with Crippen LogP contribution in [0.2, 0.25) is 0 Å². The quantitative estimate of drug-likeness (QED) is 0.681. The first-order valence-corrected chi connectivity index (χ1v) is 7.95. The molecule has 2 N–H and O–H groups in total. The summed E-state index contributed by atoms with van der Waals surface area (Å²) >= 11 is 1.35. The molecule has 1 amide bonds. The van der Waals surface area contributed by atoms with Gasteiger partial charge in [-0.1, -0.05) is 37.3 Å². The van der Waals surface area contributed by atoms with Crippen LogP contribution < -0.4 is 10.6 Å². The minimum atomic E-state index is -0.0272. The molecular formula is C15H22N2O2S. The Bertz CT molecular complexity index is 423. The summed E-state index contributed by atoms with van der Waals surface area (Å²) in [5.41, 5.74) is 0.696. The van der Waals surface area contributed by atoms with Crippen LogP contribution in [0.3, 0.4) is 0 Å². The number of nitrogens with one attached hydrogen (secondary N) is 2. The first-order chi connectivity index (χ1) is 9.63. The van der Waals surface area contributed by atoms with Crippen LogP contribution in [0.1, 0.15) is 24.2 Å². The molecule has 1 aromatic carbocycles. The summed E-state index contributed by atoms with van der Waals surface area (Å²) in [6, 6.07) is 9.41. The first-order valence-electron chi connectivity index (χ1n) is 6.79. The van der Waals surface area contributed by atoms with Gasteiger partial charge in [-0.3, -0.25) is 9.59 Å². The fourth-order valence-electron chi connectivity index (χ4n) is 1.68. The van der Waals surface area contributed by atoms with Gasteiger partial charge in [-0.15, -0.1) is 11.8 Å². The number of amides is 1. The number of Topliss-reactive ketones (excluding diaryl/α,β-unsaturated/α-hetero) is 1. The van der Waals surface area contributed by atoms with Gasteiger partial charge < -0.3 is 10.6 Å². The van der Waals surface area contributed by atoms with E-state index < -0.39 is 0 Å². The molecule has 0 aromatic heterocycles. The average Bonchev–Trinajstić information content (AvgIpc) is 2.46. The van der Waals surface area contributed by atoms with Crippen molar-refractivity contribution in [2.75, 3.05) is 24.6 Å². The van der Waals surface area contributed by atoms with Gasteiger partial charge in [0.05, 0.1) is 11.5 Å². The highest BCUT2D eigenvalue weighted by atomic mass is 32.2. The lowest BCUT2D eigenvalue weighted by atomic mass is 10.2. The highest BCUT2D eigenvalue weighted by molar-refractivity contribution is 8.00. The third kappa shape index (κ3) is 6.73. The van der Waals surface area contributed by atoms with E-state index in [1.807, 2.05) is 32.0 Å². The van der Waals surface area contributed by atoms with E-state index in [2.05, 4.69) is 10.6 Å². The molecule has 0 unspecified atom stereocenters. The van der Waals surface area contributed by atoms with E-state index in [0.717, 1.165) is 6.54 Å². The number of likely N-dealkylation sites (N-methyl/N-ethyl adjacent to an activating group) is 1. The maximum Gasteiger partial charge on any atom is 0.230 e. The highest BCUT2D eigenvalue weighted by Gasteiger charge is 2.08. The zero-order valence-corrected chi connectivity index (χ0v) is 12.8. The standard InChI is InChI=1S/C15H22N2O2S/c1-3-16-12(2)9-17-15(19)11-20-10-14(18)13-7-5-4-6-8-13/h4-8,12,16H,3,9-11H2,1-2H3,(H,17,19)/t12-/m1/s1. The average molecular weight is 294 g/mol. The number of ketones is 1. The van der Waals surface area contributed by atoms with Crippen LogP contribution in [0, 0.1) is 0 Å². The van der Waals surface area contributed by atoms with Gasteiger partial charge in [-0.2, -0.15) is 0 Å². The van der Waals surface area contributed by atoms with Crippen LogP contribution in [0.5, 0.6) is 0 Å². The summed E-state index contributed by atoms with van der Waals surface area (Å²) < 4.78 is 0. The molecule has 0 saturated heterocycles. The van der Waals surface area contributed by atoms with Crippen LogP contribution >= 0.6 is 11.8 Å². The molecule has 1 aromatic rings. The molecule has 0 fully saturated rings. The van der Waals surface area contributed by atoms with Gasteiger partial charge in [-0.05, 0) is 13.5 Å². The molecular weight excluding hydrogens is 272 g/mol. The number of carbonyl (C=O) groups is 2. The molecule has 0 bridgehead atoms. The Morgan fingerprint density at radius 3 is 2.55 bits per heavy atom. The Morgan fingerprint density at radius 1 is 1.20 bits per heavy atom. The van der Waals surface area contributed by atoms with Crippen molar-refractivity contribution < 1.29 is 9.59 Å². The van der Waals surface area contributed by atoms with E-state index in [1.54, 1.807) is 12.1 Å². The number of rotatable bonds is 9. The monoisotopic (exact) mass is 294 g/mol. The fraction of sp³-hybridized carbons (Fsp3) is 0.467. The van der Waals surface area contributed by atoms with Crippen molar-refractivity contribution in [3.8, 4) is 0 Å². The van der Waals surface area contributed by atoms with Crippen LogP contribution in [-0.4, -0.2) is 42.3 Å². The van der Waals surface area contributed by atoms with E-state index >= 15 is 0 Å². The van der Waals surface area contributed by atoms with Crippen molar-refractivity contribution in [1.29, 1.82) is 0 Å². The Balaban J connectivity index is 2.17. The summed E-state index contributed by atoms with van der Waals surface area (Å²) in [4.78, 5) is 23.4. The predicted molar refractivity (Wildman–Crippen MR) is 84.2 cm³/mol. The molecule has 4 nitrogen and oxygen atoms in total. The molecule has 0 saturated carbocycles. The molecule has 0 spiro atoms. The molecule has 110 valence electrons. The van der Waals surface area contributed by atoms with Gasteiger partial charge in [0.2, 0.25) is 5.91 Å². The van der Waals surface area contributed by atoms with E-state index in [1.165, 1.54) is 11.8 Å². The molecule has 1 rings (SSSR count). The van der Waals surface area contributed by atoms with Gasteiger partial charge in [0, 0.05) is 18.2 Å². The smallest absolute Gasteiger partial charge is 0.230 e. The van der Waals surface area contributed by atoms with Crippen molar-refractivity contribution in [2.24, 2.45) is 0 Å². The highest BCUT2D eigenvalue weighted by Crippen LogP contribution is 2.06.